The third-order valence-corrected chi connectivity index (χ3v) is 7.13. The lowest BCUT2D eigenvalue weighted by Crippen LogP contribution is -2.20. The van der Waals surface area contributed by atoms with Crippen LogP contribution in [0.15, 0.2) is 47.4 Å². The average Bonchev–Trinajstić information content (AvgIpc) is 3.23. The molecule has 2 atom stereocenters. The maximum absolute atomic E-state index is 12.0. The largest absolute Gasteiger partial charge is 0.395 e. The molecule has 0 saturated carbocycles. The Morgan fingerprint density at radius 3 is 2.50 bits per heavy atom. The van der Waals surface area contributed by atoms with Gasteiger partial charge in [-0.3, -0.25) is 4.79 Å². The van der Waals surface area contributed by atoms with Crippen LogP contribution in [0.2, 0.25) is 0 Å². The highest BCUT2D eigenvalue weighted by molar-refractivity contribution is 7.91. The van der Waals surface area contributed by atoms with Gasteiger partial charge in [-0.05, 0) is 54.3 Å². The summed E-state index contributed by atoms with van der Waals surface area (Å²) in [6.07, 6.45) is 2.11. The first kappa shape index (κ1) is 20.5. The number of rotatable bonds is 7. The van der Waals surface area contributed by atoms with Crippen LogP contribution in [0.4, 0.5) is 0 Å². The fraction of sp³-hybridized carbons (Fsp3) is 0.381. The summed E-state index contributed by atoms with van der Waals surface area (Å²) < 4.78 is 24.1. The SMILES string of the molecule is CCS(=O)(=O)c1ccc([C@@H](CO)c2cc(C3CCCN3)ccc2C(N)=O)cc1. The van der Waals surface area contributed by atoms with Gasteiger partial charge in [-0.15, -0.1) is 0 Å². The molecule has 1 saturated heterocycles. The first-order chi connectivity index (χ1) is 13.4. The fourth-order valence-electron chi connectivity index (χ4n) is 3.74. The number of aliphatic hydroxyl groups excluding tert-OH is 1. The van der Waals surface area contributed by atoms with Crippen LogP contribution in [0.3, 0.4) is 0 Å². The second kappa shape index (κ2) is 8.43. The average molecular weight is 403 g/mol. The highest BCUT2D eigenvalue weighted by atomic mass is 32.2. The van der Waals surface area contributed by atoms with Gasteiger partial charge in [0.15, 0.2) is 9.84 Å². The van der Waals surface area contributed by atoms with Gasteiger partial charge in [0.05, 0.1) is 17.3 Å². The third-order valence-electron chi connectivity index (χ3n) is 5.38. The molecule has 0 bridgehead atoms. The lowest BCUT2D eigenvalue weighted by molar-refractivity contribution is 0.0999. The number of aliphatic hydroxyl groups is 1. The van der Waals surface area contributed by atoms with E-state index in [-0.39, 0.29) is 23.3 Å². The van der Waals surface area contributed by atoms with Gasteiger partial charge in [0, 0.05) is 17.5 Å². The van der Waals surface area contributed by atoms with Crippen LogP contribution >= 0.6 is 0 Å². The number of carbonyl (C=O) groups is 1. The molecule has 7 heteroatoms. The van der Waals surface area contributed by atoms with Crippen molar-refractivity contribution in [3.63, 3.8) is 0 Å². The van der Waals surface area contributed by atoms with Gasteiger partial charge in [0.25, 0.3) is 0 Å². The summed E-state index contributed by atoms with van der Waals surface area (Å²) in [7, 11) is -3.30. The van der Waals surface area contributed by atoms with Crippen molar-refractivity contribution in [2.24, 2.45) is 5.73 Å². The smallest absolute Gasteiger partial charge is 0.249 e. The minimum absolute atomic E-state index is 0.0258. The Kier molecular flexibility index (Phi) is 6.17. The van der Waals surface area contributed by atoms with E-state index < -0.39 is 21.7 Å². The number of benzene rings is 2. The van der Waals surface area contributed by atoms with Gasteiger partial charge in [-0.1, -0.05) is 31.2 Å². The van der Waals surface area contributed by atoms with Crippen molar-refractivity contribution < 1.29 is 18.3 Å². The van der Waals surface area contributed by atoms with E-state index in [4.69, 9.17) is 5.73 Å². The molecule has 1 heterocycles. The molecule has 1 aliphatic heterocycles. The quantitative estimate of drug-likeness (QED) is 0.657. The Hall–Kier alpha value is -2.22. The summed E-state index contributed by atoms with van der Waals surface area (Å²) in [6.45, 7) is 2.33. The molecule has 3 rings (SSSR count). The van der Waals surface area contributed by atoms with Crippen molar-refractivity contribution in [3.8, 4) is 0 Å². The zero-order valence-corrected chi connectivity index (χ0v) is 16.7. The van der Waals surface area contributed by atoms with Crippen molar-refractivity contribution in [2.75, 3.05) is 18.9 Å². The first-order valence-corrected chi connectivity index (χ1v) is 11.1. The molecule has 1 aliphatic rings. The van der Waals surface area contributed by atoms with Gasteiger partial charge < -0.3 is 16.2 Å². The van der Waals surface area contributed by atoms with E-state index >= 15 is 0 Å². The summed E-state index contributed by atoms with van der Waals surface area (Å²) >= 11 is 0. The predicted octanol–water partition coefficient (Wildman–Crippen LogP) is 2.13. The summed E-state index contributed by atoms with van der Waals surface area (Å²) in [5.74, 6) is -0.996. The van der Waals surface area contributed by atoms with Gasteiger partial charge in [-0.2, -0.15) is 0 Å². The fourth-order valence-corrected chi connectivity index (χ4v) is 4.62. The van der Waals surface area contributed by atoms with Crippen molar-refractivity contribution in [1.82, 2.24) is 5.32 Å². The molecule has 2 aromatic rings. The van der Waals surface area contributed by atoms with Crippen LogP contribution in [0.25, 0.3) is 0 Å². The summed E-state index contributed by atoms with van der Waals surface area (Å²) in [5, 5.41) is 13.5. The van der Waals surface area contributed by atoms with Gasteiger partial charge >= 0.3 is 0 Å². The van der Waals surface area contributed by atoms with E-state index in [0.29, 0.717) is 11.1 Å². The van der Waals surface area contributed by atoms with Gasteiger partial charge in [-0.25, -0.2) is 8.42 Å². The van der Waals surface area contributed by atoms with Crippen LogP contribution in [-0.4, -0.2) is 38.3 Å². The van der Waals surface area contributed by atoms with Crippen molar-refractivity contribution >= 4 is 15.7 Å². The van der Waals surface area contributed by atoms with Crippen molar-refractivity contribution in [1.29, 1.82) is 0 Å². The monoisotopic (exact) mass is 402 g/mol. The van der Waals surface area contributed by atoms with Gasteiger partial charge in [0.1, 0.15) is 0 Å². The number of amides is 1. The van der Waals surface area contributed by atoms with Crippen LogP contribution in [-0.2, 0) is 9.84 Å². The number of sulfone groups is 1. The summed E-state index contributed by atoms with van der Waals surface area (Å²) in [6, 6.07) is 12.2. The number of nitrogens with one attached hydrogen (secondary N) is 1. The molecule has 4 N–H and O–H groups in total. The molecule has 150 valence electrons. The van der Waals surface area contributed by atoms with Crippen LogP contribution in [0, 0.1) is 0 Å². The Morgan fingerprint density at radius 2 is 1.96 bits per heavy atom. The molecular weight excluding hydrogens is 376 g/mol. The molecule has 0 spiro atoms. The van der Waals surface area contributed by atoms with Crippen LogP contribution < -0.4 is 11.1 Å². The first-order valence-electron chi connectivity index (χ1n) is 9.48. The number of hydrogen-bond acceptors (Lipinski definition) is 5. The van der Waals surface area contributed by atoms with E-state index in [1.165, 1.54) is 0 Å². The third kappa shape index (κ3) is 4.11. The predicted molar refractivity (Wildman–Crippen MR) is 108 cm³/mol. The molecule has 1 fully saturated rings. The van der Waals surface area contributed by atoms with E-state index in [1.54, 1.807) is 37.3 Å². The number of primary amides is 1. The molecule has 2 aromatic carbocycles. The maximum Gasteiger partial charge on any atom is 0.249 e. The number of nitrogens with two attached hydrogens (primary N) is 1. The van der Waals surface area contributed by atoms with Crippen molar-refractivity contribution in [3.05, 3.63) is 64.7 Å². The van der Waals surface area contributed by atoms with Crippen LogP contribution in [0.1, 0.15) is 58.8 Å². The minimum Gasteiger partial charge on any atom is -0.395 e. The molecule has 1 unspecified atom stereocenters. The van der Waals surface area contributed by atoms with Crippen LogP contribution in [0.5, 0.6) is 0 Å². The Balaban J connectivity index is 2.03. The Morgan fingerprint density at radius 1 is 1.25 bits per heavy atom. The Bertz CT molecular complexity index is 949. The highest BCUT2D eigenvalue weighted by Gasteiger charge is 2.24. The topological polar surface area (TPSA) is 109 Å². The number of carbonyl (C=O) groups excluding carboxylic acids is 1. The zero-order chi connectivity index (χ0) is 20.3. The second-order valence-electron chi connectivity index (χ2n) is 7.07. The molecule has 28 heavy (non-hydrogen) atoms. The van der Waals surface area contributed by atoms with E-state index in [1.807, 2.05) is 12.1 Å². The van der Waals surface area contributed by atoms with Gasteiger partial charge in [0.2, 0.25) is 5.91 Å². The highest BCUT2D eigenvalue weighted by Crippen LogP contribution is 2.32. The molecule has 1 amide bonds. The summed E-state index contributed by atoms with van der Waals surface area (Å²) in [5.41, 5.74) is 8.39. The molecule has 0 aliphatic carbocycles. The molecule has 0 aromatic heterocycles. The van der Waals surface area contributed by atoms with Crippen molar-refractivity contribution in [2.45, 2.75) is 36.6 Å². The van der Waals surface area contributed by atoms with E-state index in [2.05, 4.69) is 5.32 Å². The lowest BCUT2D eigenvalue weighted by Gasteiger charge is -2.21. The lowest BCUT2D eigenvalue weighted by atomic mass is 9.86. The standard InChI is InChI=1S/C21H26N2O4S/c1-2-28(26,27)16-8-5-14(6-9-16)19(13-24)18-12-15(20-4-3-11-23-20)7-10-17(18)21(22)25/h5-10,12,19-20,23-24H,2-4,11,13H2,1H3,(H2,22,25)/t19-,20?/m1/s1. The number of hydrogen-bond donors (Lipinski definition) is 3. The normalized spacial score (nSPS) is 18.1. The van der Waals surface area contributed by atoms with E-state index in [9.17, 15) is 18.3 Å². The Labute approximate surface area is 165 Å². The minimum atomic E-state index is -3.30. The second-order valence-corrected chi connectivity index (χ2v) is 9.35. The zero-order valence-electron chi connectivity index (χ0n) is 15.9. The molecular formula is C21H26N2O4S. The molecule has 6 nitrogen and oxygen atoms in total. The maximum atomic E-state index is 12.0. The summed E-state index contributed by atoms with van der Waals surface area (Å²) in [4.78, 5) is 12.2. The molecule has 0 radical (unpaired) electrons. The van der Waals surface area contributed by atoms with E-state index in [0.717, 1.165) is 30.5 Å².